The van der Waals surface area contributed by atoms with Crippen molar-refractivity contribution in [3.63, 3.8) is 0 Å². The third-order valence-electron chi connectivity index (χ3n) is 5.41. The maximum Gasteiger partial charge on any atom is 0.0771 e. The first-order valence-electron chi connectivity index (χ1n) is 7.99. The lowest BCUT2D eigenvalue weighted by atomic mass is 9.77. The monoisotopic (exact) mass is 285 g/mol. The largest absolute Gasteiger partial charge is 0.389 e. The maximum absolute atomic E-state index is 10.7. The zero-order valence-corrected chi connectivity index (χ0v) is 13.7. The number of thioether (sulfide) groups is 1. The summed E-state index contributed by atoms with van der Waals surface area (Å²) in [5.74, 6) is 3.33. The van der Waals surface area contributed by atoms with Crippen molar-refractivity contribution in [2.75, 3.05) is 18.1 Å². The molecule has 0 aromatic heterocycles. The van der Waals surface area contributed by atoms with E-state index < -0.39 is 5.60 Å². The SMILES string of the molecule is CCC1CCC(O)(CNC2CSCCC2(C)C)CC1. The minimum Gasteiger partial charge on any atom is -0.389 e. The molecule has 2 N–H and O–H groups in total. The second-order valence-electron chi connectivity index (χ2n) is 7.32. The van der Waals surface area contributed by atoms with Crippen LogP contribution in [0.2, 0.25) is 0 Å². The molecule has 2 aliphatic rings. The fourth-order valence-corrected chi connectivity index (χ4v) is 5.03. The van der Waals surface area contributed by atoms with Crippen LogP contribution in [0.3, 0.4) is 0 Å². The normalized spacial score (nSPS) is 39.2. The third kappa shape index (κ3) is 4.12. The van der Waals surface area contributed by atoms with Crippen LogP contribution >= 0.6 is 11.8 Å². The van der Waals surface area contributed by atoms with Gasteiger partial charge in [-0.15, -0.1) is 0 Å². The molecule has 1 saturated carbocycles. The Hall–Kier alpha value is 0.270. The lowest BCUT2D eigenvalue weighted by Gasteiger charge is -2.42. The van der Waals surface area contributed by atoms with Gasteiger partial charge in [-0.1, -0.05) is 27.2 Å². The highest BCUT2D eigenvalue weighted by molar-refractivity contribution is 7.99. The summed E-state index contributed by atoms with van der Waals surface area (Å²) in [6.07, 6.45) is 6.94. The Morgan fingerprint density at radius 3 is 2.47 bits per heavy atom. The van der Waals surface area contributed by atoms with E-state index in [9.17, 15) is 5.11 Å². The molecule has 1 unspecified atom stereocenters. The van der Waals surface area contributed by atoms with E-state index in [4.69, 9.17) is 0 Å². The molecule has 2 rings (SSSR count). The predicted octanol–water partition coefficient (Wildman–Crippen LogP) is 3.44. The van der Waals surface area contributed by atoms with E-state index in [1.165, 1.54) is 37.2 Å². The summed E-state index contributed by atoms with van der Waals surface area (Å²) in [4.78, 5) is 0. The summed E-state index contributed by atoms with van der Waals surface area (Å²) >= 11 is 2.05. The van der Waals surface area contributed by atoms with Crippen LogP contribution in [0.15, 0.2) is 0 Å². The summed E-state index contributed by atoms with van der Waals surface area (Å²) in [6, 6.07) is 0.555. The van der Waals surface area contributed by atoms with Gasteiger partial charge in [-0.25, -0.2) is 0 Å². The molecule has 2 fully saturated rings. The van der Waals surface area contributed by atoms with Gasteiger partial charge in [-0.2, -0.15) is 11.8 Å². The molecule has 0 aromatic carbocycles. The molecular weight excluding hydrogens is 254 g/mol. The van der Waals surface area contributed by atoms with Gasteiger partial charge in [0.25, 0.3) is 0 Å². The Labute approximate surface area is 123 Å². The summed E-state index contributed by atoms with van der Waals surface area (Å²) in [5, 5.41) is 14.4. The lowest BCUT2D eigenvalue weighted by molar-refractivity contribution is -0.0133. The molecular formula is C16H31NOS. The summed E-state index contributed by atoms with van der Waals surface area (Å²) in [5.41, 5.74) is -0.0634. The van der Waals surface area contributed by atoms with Gasteiger partial charge in [-0.05, 0) is 49.2 Å². The van der Waals surface area contributed by atoms with Crippen LogP contribution in [0.25, 0.3) is 0 Å². The van der Waals surface area contributed by atoms with Crippen molar-refractivity contribution >= 4 is 11.8 Å². The molecule has 0 spiro atoms. The summed E-state index contributed by atoms with van der Waals surface area (Å²) in [7, 11) is 0. The molecule has 1 aliphatic carbocycles. The van der Waals surface area contributed by atoms with Gasteiger partial charge in [0, 0.05) is 18.3 Å². The molecule has 0 radical (unpaired) electrons. The van der Waals surface area contributed by atoms with E-state index in [1.54, 1.807) is 0 Å². The van der Waals surface area contributed by atoms with E-state index in [2.05, 4.69) is 37.8 Å². The molecule has 1 atom stereocenters. The molecule has 0 amide bonds. The first kappa shape index (κ1) is 15.7. The highest BCUT2D eigenvalue weighted by atomic mass is 32.2. The van der Waals surface area contributed by atoms with Gasteiger partial charge in [0.1, 0.15) is 0 Å². The Balaban J connectivity index is 1.81. The molecule has 1 heterocycles. The van der Waals surface area contributed by atoms with Crippen LogP contribution < -0.4 is 5.32 Å². The quantitative estimate of drug-likeness (QED) is 0.830. The fourth-order valence-electron chi connectivity index (χ4n) is 3.38. The number of hydrogen-bond acceptors (Lipinski definition) is 3. The minimum atomic E-state index is -0.441. The van der Waals surface area contributed by atoms with Crippen LogP contribution in [0.1, 0.15) is 59.3 Å². The standard InChI is InChI=1S/C16H31NOS/c1-4-13-5-7-16(18,8-6-13)12-17-14-11-19-10-9-15(14,2)3/h13-14,17-18H,4-12H2,1-3H3. The predicted molar refractivity (Wildman–Crippen MR) is 84.7 cm³/mol. The first-order valence-corrected chi connectivity index (χ1v) is 9.14. The number of nitrogens with one attached hydrogen (secondary N) is 1. The Morgan fingerprint density at radius 1 is 1.21 bits per heavy atom. The van der Waals surface area contributed by atoms with Crippen LogP contribution in [-0.4, -0.2) is 34.8 Å². The van der Waals surface area contributed by atoms with Crippen molar-refractivity contribution < 1.29 is 5.11 Å². The van der Waals surface area contributed by atoms with E-state index in [0.29, 0.717) is 11.5 Å². The molecule has 1 saturated heterocycles. The minimum absolute atomic E-state index is 0.377. The fraction of sp³-hybridized carbons (Fsp3) is 1.00. The highest BCUT2D eigenvalue weighted by Gasteiger charge is 2.36. The smallest absolute Gasteiger partial charge is 0.0771 e. The van der Waals surface area contributed by atoms with Crippen LogP contribution in [0.4, 0.5) is 0 Å². The lowest BCUT2D eigenvalue weighted by Crippen LogP contribution is -2.53. The van der Waals surface area contributed by atoms with Gasteiger partial charge < -0.3 is 10.4 Å². The van der Waals surface area contributed by atoms with Crippen LogP contribution in [-0.2, 0) is 0 Å². The molecule has 0 bridgehead atoms. The maximum atomic E-state index is 10.7. The summed E-state index contributed by atoms with van der Waals surface area (Å²) in [6.45, 7) is 7.79. The van der Waals surface area contributed by atoms with Crippen molar-refractivity contribution in [3.05, 3.63) is 0 Å². The van der Waals surface area contributed by atoms with E-state index in [-0.39, 0.29) is 0 Å². The van der Waals surface area contributed by atoms with Crippen molar-refractivity contribution in [2.45, 2.75) is 70.9 Å². The Bertz CT molecular complexity index is 284. The average molecular weight is 285 g/mol. The first-order chi connectivity index (χ1) is 8.95. The van der Waals surface area contributed by atoms with Crippen molar-refractivity contribution in [1.29, 1.82) is 0 Å². The van der Waals surface area contributed by atoms with Gasteiger partial charge in [-0.3, -0.25) is 0 Å². The van der Waals surface area contributed by atoms with Crippen molar-refractivity contribution in [3.8, 4) is 0 Å². The molecule has 19 heavy (non-hydrogen) atoms. The van der Waals surface area contributed by atoms with Crippen LogP contribution in [0.5, 0.6) is 0 Å². The van der Waals surface area contributed by atoms with E-state index in [1.807, 2.05) is 0 Å². The molecule has 3 heteroatoms. The Kier molecular flexibility index (Phi) is 5.24. The molecule has 1 aliphatic heterocycles. The summed E-state index contributed by atoms with van der Waals surface area (Å²) < 4.78 is 0. The second-order valence-corrected chi connectivity index (χ2v) is 8.47. The van der Waals surface area contributed by atoms with Crippen LogP contribution in [0, 0.1) is 11.3 Å². The number of aliphatic hydroxyl groups is 1. The molecule has 2 nitrogen and oxygen atoms in total. The van der Waals surface area contributed by atoms with Crippen molar-refractivity contribution in [2.24, 2.45) is 11.3 Å². The molecule has 0 aromatic rings. The van der Waals surface area contributed by atoms with Gasteiger partial charge >= 0.3 is 0 Å². The van der Waals surface area contributed by atoms with Gasteiger partial charge in [0.05, 0.1) is 5.60 Å². The highest BCUT2D eigenvalue weighted by Crippen LogP contribution is 2.36. The number of hydrogen-bond donors (Lipinski definition) is 2. The van der Waals surface area contributed by atoms with E-state index in [0.717, 1.165) is 25.3 Å². The topological polar surface area (TPSA) is 32.3 Å². The molecule has 112 valence electrons. The number of rotatable bonds is 4. The zero-order valence-electron chi connectivity index (χ0n) is 12.9. The second kappa shape index (κ2) is 6.36. The zero-order chi connectivity index (χ0) is 13.9. The van der Waals surface area contributed by atoms with E-state index >= 15 is 0 Å². The average Bonchev–Trinajstić information content (AvgIpc) is 2.38. The van der Waals surface area contributed by atoms with Gasteiger partial charge in [0.15, 0.2) is 0 Å². The van der Waals surface area contributed by atoms with Gasteiger partial charge in [0.2, 0.25) is 0 Å². The Morgan fingerprint density at radius 2 is 1.89 bits per heavy atom. The third-order valence-corrected chi connectivity index (χ3v) is 6.47. The van der Waals surface area contributed by atoms with Crippen molar-refractivity contribution in [1.82, 2.24) is 5.32 Å².